The first-order valence-corrected chi connectivity index (χ1v) is 5.53. The molecule has 7 nitrogen and oxygen atoms in total. The van der Waals surface area contributed by atoms with E-state index in [0.717, 1.165) is 13.0 Å². The molecule has 2 atom stereocenters. The first kappa shape index (κ1) is 11.7. The van der Waals surface area contributed by atoms with Crippen LogP contribution in [0.25, 0.3) is 0 Å². The van der Waals surface area contributed by atoms with Gasteiger partial charge in [-0.2, -0.15) is 0 Å². The first-order valence-electron chi connectivity index (χ1n) is 5.53. The van der Waals surface area contributed by atoms with Crippen molar-refractivity contribution in [3.05, 3.63) is 22.5 Å². The molecule has 1 aromatic heterocycles. The lowest BCUT2D eigenvalue weighted by Crippen LogP contribution is -2.47. The highest BCUT2D eigenvalue weighted by molar-refractivity contribution is 5.34. The normalized spacial score (nSPS) is 24.7. The number of nitrogens with zero attached hydrogens (tertiary/aromatic N) is 4. The van der Waals surface area contributed by atoms with Crippen LogP contribution in [0.2, 0.25) is 0 Å². The van der Waals surface area contributed by atoms with Gasteiger partial charge in [0.15, 0.2) is 0 Å². The Bertz CT molecular complexity index is 398. The summed E-state index contributed by atoms with van der Waals surface area (Å²) in [5.74, 6) is 0.996. The maximum atomic E-state index is 10.5. The van der Waals surface area contributed by atoms with Crippen molar-refractivity contribution in [2.75, 3.05) is 18.0 Å². The molecule has 2 heterocycles. The topological polar surface area (TPSA) is 98.2 Å². The van der Waals surface area contributed by atoms with Crippen LogP contribution >= 0.6 is 0 Å². The molecule has 1 fully saturated rings. The second kappa shape index (κ2) is 4.62. The standard InChI is InChI=1S/C10H15N5O2/c1-7-2-8(11)6-14(5-7)10-12-3-9(4-13-10)15(16)17/h3-4,7-8H,2,5-6,11H2,1H3. The molecule has 7 heteroatoms. The summed E-state index contributed by atoms with van der Waals surface area (Å²) in [4.78, 5) is 20.0. The summed E-state index contributed by atoms with van der Waals surface area (Å²) in [7, 11) is 0. The third-order valence-electron chi connectivity index (χ3n) is 2.81. The Morgan fingerprint density at radius 3 is 2.65 bits per heavy atom. The fourth-order valence-corrected chi connectivity index (χ4v) is 2.14. The highest BCUT2D eigenvalue weighted by Gasteiger charge is 2.24. The van der Waals surface area contributed by atoms with Crippen LogP contribution in [0, 0.1) is 16.0 Å². The van der Waals surface area contributed by atoms with Crippen molar-refractivity contribution in [3.8, 4) is 0 Å². The molecule has 1 aliphatic heterocycles. The Morgan fingerprint density at radius 2 is 2.12 bits per heavy atom. The summed E-state index contributed by atoms with van der Waals surface area (Å²) in [6.45, 7) is 3.66. The molecule has 17 heavy (non-hydrogen) atoms. The zero-order chi connectivity index (χ0) is 12.4. The molecule has 1 aliphatic rings. The van der Waals surface area contributed by atoms with E-state index >= 15 is 0 Å². The molecule has 92 valence electrons. The van der Waals surface area contributed by atoms with Crippen molar-refractivity contribution in [2.45, 2.75) is 19.4 Å². The summed E-state index contributed by atoms with van der Waals surface area (Å²) < 4.78 is 0. The number of piperidine rings is 1. The summed E-state index contributed by atoms with van der Waals surface area (Å²) in [5.41, 5.74) is 5.83. The molecule has 0 radical (unpaired) electrons. The number of nitro groups is 1. The largest absolute Gasteiger partial charge is 0.339 e. The second-order valence-corrected chi connectivity index (χ2v) is 4.50. The molecule has 0 bridgehead atoms. The fraction of sp³-hybridized carbons (Fsp3) is 0.600. The van der Waals surface area contributed by atoms with Gasteiger partial charge in [0.2, 0.25) is 5.95 Å². The molecule has 0 saturated carbocycles. The van der Waals surface area contributed by atoms with E-state index in [2.05, 4.69) is 16.9 Å². The smallest absolute Gasteiger partial charge is 0.305 e. The number of aromatic nitrogens is 2. The monoisotopic (exact) mass is 237 g/mol. The third-order valence-corrected chi connectivity index (χ3v) is 2.81. The molecular weight excluding hydrogens is 222 g/mol. The number of nitrogens with two attached hydrogens (primary N) is 1. The van der Waals surface area contributed by atoms with Crippen molar-refractivity contribution < 1.29 is 4.92 Å². The second-order valence-electron chi connectivity index (χ2n) is 4.50. The van der Waals surface area contributed by atoms with E-state index in [9.17, 15) is 10.1 Å². The average Bonchev–Trinajstić information content (AvgIpc) is 2.28. The Morgan fingerprint density at radius 1 is 1.47 bits per heavy atom. The molecule has 0 aromatic carbocycles. The van der Waals surface area contributed by atoms with Crippen LogP contribution in [0.5, 0.6) is 0 Å². The predicted octanol–water partition coefficient (Wildman–Crippen LogP) is 0.558. The molecule has 2 N–H and O–H groups in total. The van der Waals surface area contributed by atoms with E-state index in [-0.39, 0.29) is 11.7 Å². The van der Waals surface area contributed by atoms with Crippen molar-refractivity contribution in [3.63, 3.8) is 0 Å². The third kappa shape index (κ3) is 2.68. The van der Waals surface area contributed by atoms with Crippen LogP contribution in [0.15, 0.2) is 12.4 Å². The van der Waals surface area contributed by atoms with E-state index in [4.69, 9.17) is 5.73 Å². The van der Waals surface area contributed by atoms with E-state index in [1.165, 1.54) is 12.4 Å². The minimum absolute atomic E-state index is 0.0943. The van der Waals surface area contributed by atoms with Gasteiger partial charge < -0.3 is 10.6 Å². The van der Waals surface area contributed by atoms with Crippen molar-refractivity contribution in [2.24, 2.45) is 11.7 Å². The summed E-state index contributed by atoms with van der Waals surface area (Å²) in [5, 5.41) is 10.5. The molecule has 2 unspecified atom stereocenters. The van der Waals surface area contributed by atoms with E-state index in [1.807, 2.05) is 4.90 Å². The molecule has 0 spiro atoms. The molecule has 0 aliphatic carbocycles. The van der Waals surface area contributed by atoms with Crippen molar-refractivity contribution >= 4 is 11.6 Å². The molecule has 2 rings (SSSR count). The summed E-state index contributed by atoms with van der Waals surface area (Å²) in [6.07, 6.45) is 3.45. The highest BCUT2D eigenvalue weighted by Crippen LogP contribution is 2.20. The quantitative estimate of drug-likeness (QED) is 0.596. The molecule has 1 aromatic rings. The van der Waals surface area contributed by atoms with Gasteiger partial charge in [-0.1, -0.05) is 6.92 Å². The Kier molecular flexibility index (Phi) is 3.19. The summed E-state index contributed by atoms with van der Waals surface area (Å²) >= 11 is 0. The average molecular weight is 237 g/mol. The van der Waals surface area contributed by atoms with E-state index < -0.39 is 4.92 Å². The lowest BCUT2D eigenvalue weighted by Gasteiger charge is -2.34. The minimum atomic E-state index is -0.506. The minimum Gasteiger partial charge on any atom is -0.339 e. The Labute approximate surface area is 98.8 Å². The molecular formula is C10H15N5O2. The number of hydrogen-bond donors (Lipinski definition) is 1. The molecule has 1 saturated heterocycles. The van der Waals surface area contributed by atoms with Crippen LogP contribution in [-0.2, 0) is 0 Å². The SMILES string of the molecule is CC1CC(N)CN(c2ncc([N+](=O)[O-])cn2)C1. The number of anilines is 1. The Balaban J connectivity index is 2.14. The van der Waals surface area contributed by atoms with Gasteiger partial charge in [-0.15, -0.1) is 0 Å². The fourth-order valence-electron chi connectivity index (χ4n) is 2.14. The van der Waals surface area contributed by atoms with Gasteiger partial charge in [0, 0.05) is 19.1 Å². The van der Waals surface area contributed by atoms with Gasteiger partial charge in [-0.3, -0.25) is 10.1 Å². The van der Waals surface area contributed by atoms with Gasteiger partial charge in [0.05, 0.1) is 4.92 Å². The van der Waals surface area contributed by atoms with Crippen LogP contribution in [0.1, 0.15) is 13.3 Å². The maximum Gasteiger partial charge on any atom is 0.305 e. The van der Waals surface area contributed by atoms with Crippen LogP contribution < -0.4 is 10.6 Å². The number of hydrogen-bond acceptors (Lipinski definition) is 6. The highest BCUT2D eigenvalue weighted by atomic mass is 16.6. The van der Waals surface area contributed by atoms with Gasteiger partial charge in [0.1, 0.15) is 12.4 Å². The zero-order valence-electron chi connectivity index (χ0n) is 9.61. The molecule has 0 amide bonds. The van der Waals surface area contributed by atoms with E-state index in [0.29, 0.717) is 18.4 Å². The van der Waals surface area contributed by atoms with Crippen LogP contribution in [0.4, 0.5) is 11.6 Å². The Hall–Kier alpha value is -1.76. The van der Waals surface area contributed by atoms with Crippen LogP contribution in [0.3, 0.4) is 0 Å². The lowest BCUT2D eigenvalue weighted by molar-refractivity contribution is -0.385. The van der Waals surface area contributed by atoms with Gasteiger partial charge in [-0.05, 0) is 12.3 Å². The van der Waals surface area contributed by atoms with E-state index in [1.54, 1.807) is 0 Å². The predicted molar refractivity (Wildman–Crippen MR) is 62.7 cm³/mol. The summed E-state index contributed by atoms with van der Waals surface area (Å²) in [6, 6.07) is 0.109. The van der Waals surface area contributed by atoms with Crippen molar-refractivity contribution in [1.29, 1.82) is 0 Å². The van der Waals surface area contributed by atoms with Gasteiger partial charge in [-0.25, -0.2) is 9.97 Å². The zero-order valence-corrected chi connectivity index (χ0v) is 9.61. The lowest BCUT2D eigenvalue weighted by atomic mass is 9.97. The first-order chi connectivity index (χ1) is 8.06. The van der Waals surface area contributed by atoms with Gasteiger partial charge in [0.25, 0.3) is 0 Å². The van der Waals surface area contributed by atoms with Crippen LogP contribution in [-0.4, -0.2) is 34.0 Å². The number of rotatable bonds is 2. The van der Waals surface area contributed by atoms with Gasteiger partial charge >= 0.3 is 5.69 Å². The van der Waals surface area contributed by atoms with Crippen molar-refractivity contribution in [1.82, 2.24) is 9.97 Å². The maximum absolute atomic E-state index is 10.5.